The van der Waals surface area contributed by atoms with Crippen molar-refractivity contribution in [2.45, 2.75) is 52.5 Å². The van der Waals surface area contributed by atoms with Gasteiger partial charge in [-0.05, 0) is 32.6 Å². The first-order valence-corrected chi connectivity index (χ1v) is 10.1. The Morgan fingerprint density at radius 1 is 1.29 bits per heavy atom. The Bertz CT molecular complexity index is 689. The quantitative estimate of drug-likeness (QED) is 0.745. The monoisotopic (exact) mass is 390 g/mol. The van der Waals surface area contributed by atoms with Crippen LogP contribution < -0.4 is 15.5 Å². The molecule has 0 spiro atoms. The van der Waals surface area contributed by atoms with Crippen molar-refractivity contribution in [1.29, 1.82) is 0 Å². The van der Waals surface area contributed by atoms with Crippen LogP contribution in [-0.2, 0) is 0 Å². The first-order valence-electron chi connectivity index (χ1n) is 10.1. The number of rotatable bonds is 7. The first-order chi connectivity index (χ1) is 13.2. The van der Waals surface area contributed by atoms with Crippen LogP contribution in [0.4, 0.5) is 10.7 Å². The summed E-state index contributed by atoms with van der Waals surface area (Å²) in [5.74, 6) is 0.968. The zero-order valence-electron chi connectivity index (χ0n) is 18.0. The molecule has 1 aromatic heterocycles. The number of aromatic nitrogens is 2. The number of amides is 3. The average Bonchev–Trinajstić information content (AvgIpc) is 3.10. The van der Waals surface area contributed by atoms with Crippen LogP contribution in [0.5, 0.6) is 0 Å². The van der Waals surface area contributed by atoms with Crippen LogP contribution in [0.25, 0.3) is 0 Å². The van der Waals surface area contributed by atoms with Gasteiger partial charge in [0.15, 0.2) is 0 Å². The van der Waals surface area contributed by atoms with Gasteiger partial charge in [0, 0.05) is 51.9 Å². The van der Waals surface area contributed by atoms with E-state index in [2.05, 4.69) is 34.4 Å². The number of likely N-dealkylation sites (tertiary alicyclic amines) is 1. The Morgan fingerprint density at radius 3 is 2.61 bits per heavy atom. The van der Waals surface area contributed by atoms with Crippen LogP contribution in [0.3, 0.4) is 0 Å². The number of hydrogen-bond acceptors (Lipinski definition) is 5. The van der Waals surface area contributed by atoms with E-state index in [0.717, 1.165) is 12.8 Å². The first kappa shape index (κ1) is 21.9. The molecule has 1 fully saturated rings. The van der Waals surface area contributed by atoms with Crippen molar-refractivity contribution in [3.8, 4) is 0 Å². The zero-order valence-corrected chi connectivity index (χ0v) is 18.0. The second kappa shape index (κ2) is 9.71. The molecule has 1 unspecified atom stereocenters. The molecule has 0 bridgehead atoms. The molecule has 0 aromatic carbocycles. The normalized spacial score (nSPS) is 16.6. The highest BCUT2D eigenvalue weighted by Crippen LogP contribution is 2.29. The van der Waals surface area contributed by atoms with Crippen LogP contribution in [0.15, 0.2) is 6.20 Å². The van der Waals surface area contributed by atoms with E-state index in [-0.39, 0.29) is 23.9 Å². The van der Waals surface area contributed by atoms with E-state index in [4.69, 9.17) is 0 Å². The van der Waals surface area contributed by atoms with Crippen molar-refractivity contribution in [3.63, 3.8) is 0 Å². The van der Waals surface area contributed by atoms with E-state index < -0.39 is 0 Å². The Labute approximate surface area is 168 Å². The van der Waals surface area contributed by atoms with E-state index in [0.29, 0.717) is 42.8 Å². The van der Waals surface area contributed by atoms with Gasteiger partial charge in [0.05, 0.1) is 11.3 Å². The molecule has 156 valence electrons. The molecule has 0 radical (unpaired) electrons. The number of urea groups is 1. The number of anilines is 1. The molecule has 2 N–H and O–H groups in total. The van der Waals surface area contributed by atoms with Crippen LogP contribution in [0, 0.1) is 5.92 Å². The molecule has 28 heavy (non-hydrogen) atoms. The predicted molar refractivity (Wildman–Crippen MR) is 111 cm³/mol. The lowest BCUT2D eigenvalue weighted by Gasteiger charge is -2.20. The zero-order chi connectivity index (χ0) is 20.8. The molecule has 8 nitrogen and oxygen atoms in total. The van der Waals surface area contributed by atoms with Crippen molar-refractivity contribution in [1.82, 2.24) is 25.5 Å². The molecule has 1 aromatic rings. The minimum absolute atomic E-state index is 0.0189. The van der Waals surface area contributed by atoms with E-state index >= 15 is 0 Å². The summed E-state index contributed by atoms with van der Waals surface area (Å²) in [5, 5.41) is 5.91. The smallest absolute Gasteiger partial charge is 0.317 e. The summed E-state index contributed by atoms with van der Waals surface area (Å²) in [6.07, 6.45) is 3.34. The molecule has 0 saturated carbocycles. The Balaban J connectivity index is 2.15. The van der Waals surface area contributed by atoms with Gasteiger partial charge in [-0.25, -0.2) is 14.8 Å². The maximum Gasteiger partial charge on any atom is 0.317 e. The summed E-state index contributed by atoms with van der Waals surface area (Å²) < 4.78 is 0. The van der Waals surface area contributed by atoms with Gasteiger partial charge in [-0.15, -0.1) is 0 Å². The number of nitrogens with one attached hydrogen (secondary N) is 2. The largest absolute Gasteiger partial charge is 0.350 e. The summed E-state index contributed by atoms with van der Waals surface area (Å²) in [6.45, 7) is 10.0. The molecule has 2 rings (SSSR count). The van der Waals surface area contributed by atoms with Gasteiger partial charge < -0.3 is 20.4 Å². The highest BCUT2D eigenvalue weighted by molar-refractivity contribution is 5.95. The fourth-order valence-electron chi connectivity index (χ4n) is 3.17. The van der Waals surface area contributed by atoms with Crippen molar-refractivity contribution in [2.24, 2.45) is 5.92 Å². The minimum atomic E-state index is -0.171. The van der Waals surface area contributed by atoms with Crippen molar-refractivity contribution >= 4 is 17.9 Å². The maximum absolute atomic E-state index is 12.6. The van der Waals surface area contributed by atoms with Gasteiger partial charge in [-0.2, -0.15) is 0 Å². The Kier molecular flexibility index (Phi) is 7.60. The van der Waals surface area contributed by atoms with Crippen LogP contribution >= 0.6 is 0 Å². The third kappa shape index (κ3) is 5.81. The maximum atomic E-state index is 12.6. The second-order valence-electron chi connectivity index (χ2n) is 8.34. The number of hydrogen-bond donors (Lipinski definition) is 2. The van der Waals surface area contributed by atoms with Crippen LogP contribution in [0.1, 0.15) is 62.5 Å². The summed E-state index contributed by atoms with van der Waals surface area (Å²) in [7, 11) is 3.74. The van der Waals surface area contributed by atoms with Gasteiger partial charge in [-0.3, -0.25) is 4.79 Å². The molecule has 3 amide bonds. The molecule has 1 aliphatic rings. The molecule has 1 saturated heterocycles. The van der Waals surface area contributed by atoms with Gasteiger partial charge >= 0.3 is 6.03 Å². The van der Waals surface area contributed by atoms with Crippen molar-refractivity contribution in [2.75, 3.05) is 38.6 Å². The lowest BCUT2D eigenvalue weighted by atomic mass is 9.99. The molecule has 8 heteroatoms. The molecular weight excluding hydrogens is 356 g/mol. The minimum Gasteiger partial charge on any atom is -0.350 e. The fraction of sp³-hybridized carbons (Fsp3) is 0.700. The van der Waals surface area contributed by atoms with Crippen LogP contribution in [0.2, 0.25) is 0 Å². The standard InChI is InChI=1S/C20H34N6O2/c1-13(2)7-9-21-20(28)26-10-8-15(12-26)17-16(18(27)23-14(3)4)11-22-19(24-17)25(5)6/h11,13-15H,7-10,12H2,1-6H3,(H,21,28)(H,23,27). The number of carbonyl (C=O) groups excluding carboxylic acids is 2. The van der Waals surface area contributed by atoms with Gasteiger partial charge in [0.1, 0.15) is 0 Å². The lowest BCUT2D eigenvalue weighted by molar-refractivity contribution is 0.0941. The number of carbonyl (C=O) groups is 2. The predicted octanol–water partition coefficient (Wildman–Crippen LogP) is 2.23. The van der Waals surface area contributed by atoms with E-state index in [9.17, 15) is 9.59 Å². The molecule has 2 heterocycles. The topological polar surface area (TPSA) is 90.5 Å². The Morgan fingerprint density at radius 2 is 2.00 bits per heavy atom. The summed E-state index contributed by atoms with van der Waals surface area (Å²) in [6, 6.07) is -0.0149. The second-order valence-corrected chi connectivity index (χ2v) is 8.34. The molecular formula is C20H34N6O2. The molecule has 0 aliphatic carbocycles. The summed E-state index contributed by atoms with van der Waals surface area (Å²) in [4.78, 5) is 37.7. The third-order valence-corrected chi connectivity index (χ3v) is 4.73. The average molecular weight is 391 g/mol. The van der Waals surface area contributed by atoms with Crippen molar-refractivity contribution < 1.29 is 9.59 Å². The Hall–Kier alpha value is -2.38. The van der Waals surface area contributed by atoms with Gasteiger partial charge in [0.2, 0.25) is 5.95 Å². The third-order valence-electron chi connectivity index (χ3n) is 4.73. The fourth-order valence-corrected chi connectivity index (χ4v) is 3.17. The van der Waals surface area contributed by atoms with E-state index in [1.54, 1.807) is 6.20 Å². The van der Waals surface area contributed by atoms with E-state index in [1.165, 1.54) is 0 Å². The van der Waals surface area contributed by atoms with Crippen LogP contribution in [-0.4, -0.2) is 66.6 Å². The van der Waals surface area contributed by atoms with Crippen molar-refractivity contribution in [3.05, 3.63) is 17.5 Å². The van der Waals surface area contributed by atoms with Gasteiger partial charge in [0.25, 0.3) is 5.91 Å². The van der Waals surface area contributed by atoms with E-state index in [1.807, 2.05) is 37.7 Å². The lowest BCUT2D eigenvalue weighted by Crippen LogP contribution is -2.39. The molecule has 1 atom stereocenters. The highest BCUT2D eigenvalue weighted by Gasteiger charge is 2.31. The number of nitrogens with zero attached hydrogens (tertiary/aromatic N) is 4. The molecule has 1 aliphatic heterocycles. The SMILES string of the molecule is CC(C)CCNC(=O)N1CCC(c2nc(N(C)C)ncc2C(=O)NC(C)C)C1. The van der Waals surface area contributed by atoms with Gasteiger partial charge in [-0.1, -0.05) is 13.8 Å². The summed E-state index contributed by atoms with van der Waals surface area (Å²) in [5.41, 5.74) is 1.21. The summed E-state index contributed by atoms with van der Waals surface area (Å²) >= 11 is 0. The highest BCUT2D eigenvalue weighted by atomic mass is 16.2.